The molecule has 1 aromatic rings. The average molecular weight is 181 g/mol. The van der Waals surface area contributed by atoms with Gasteiger partial charge in [0, 0.05) is 6.42 Å². The van der Waals surface area contributed by atoms with Crippen molar-refractivity contribution in [2.45, 2.75) is 19.8 Å². The predicted octanol–water partition coefficient (Wildman–Crippen LogP) is 2.73. The third-order valence-electron chi connectivity index (χ3n) is 1.88. The summed E-state index contributed by atoms with van der Waals surface area (Å²) in [5.41, 5.74) is 1.38. The molecule has 0 aromatic heterocycles. The van der Waals surface area contributed by atoms with E-state index in [1.165, 1.54) is 0 Å². The summed E-state index contributed by atoms with van der Waals surface area (Å²) in [5, 5.41) is 8.32. The van der Waals surface area contributed by atoms with Crippen LogP contribution in [-0.2, 0) is 6.42 Å². The lowest BCUT2D eigenvalue weighted by Crippen LogP contribution is -1.94. The van der Waals surface area contributed by atoms with E-state index in [-0.39, 0.29) is 0 Å². The van der Waals surface area contributed by atoms with Crippen molar-refractivity contribution in [3.05, 3.63) is 34.9 Å². The van der Waals surface area contributed by atoms with Gasteiger partial charge in [0.25, 0.3) is 0 Å². The molecule has 0 spiro atoms. The van der Waals surface area contributed by atoms with Crippen LogP contribution in [0.3, 0.4) is 0 Å². The number of rotatable bonds is 2. The molecule has 68 valence electrons. The van der Waals surface area contributed by atoms with Gasteiger partial charge in [-0.1, -0.05) is 0 Å². The predicted molar refractivity (Wildman–Crippen MR) is 45.0 cm³/mol. The van der Waals surface area contributed by atoms with Crippen molar-refractivity contribution in [2.75, 3.05) is 0 Å². The summed E-state index contributed by atoms with van der Waals surface area (Å²) in [5.74, 6) is -1.68. The maximum Gasteiger partial charge on any atom is 0.159 e. The largest absolute Gasteiger partial charge is 0.204 e. The number of nitriles is 1. The summed E-state index contributed by atoms with van der Waals surface area (Å²) in [6.45, 7) is 1.70. The Morgan fingerprint density at radius 2 is 1.92 bits per heavy atom. The summed E-state index contributed by atoms with van der Waals surface area (Å²) >= 11 is 0. The molecule has 13 heavy (non-hydrogen) atoms. The van der Waals surface area contributed by atoms with Crippen molar-refractivity contribution in [3.63, 3.8) is 0 Å². The minimum atomic E-state index is -0.849. The van der Waals surface area contributed by atoms with Crippen LogP contribution >= 0.6 is 0 Å². The normalized spacial score (nSPS) is 9.69. The molecule has 0 aliphatic heterocycles. The highest BCUT2D eigenvalue weighted by molar-refractivity contribution is 5.28. The molecule has 3 heteroatoms. The fraction of sp³-hybridized carbons (Fsp3) is 0.300. The van der Waals surface area contributed by atoms with Crippen LogP contribution in [0.2, 0.25) is 0 Å². The van der Waals surface area contributed by atoms with E-state index in [0.29, 0.717) is 24.0 Å². The highest BCUT2D eigenvalue weighted by Crippen LogP contribution is 2.15. The van der Waals surface area contributed by atoms with E-state index in [1.54, 1.807) is 6.92 Å². The molecule has 0 aliphatic carbocycles. The Morgan fingerprint density at radius 1 is 1.31 bits per heavy atom. The first-order chi connectivity index (χ1) is 6.15. The Hall–Kier alpha value is -1.43. The number of benzene rings is 1. The van der Waals surface area contributed by atoms with Crippen LogP contribution < -0.4 is 0 Å². The first-order valence-electron chi connectivity index (χ1n) is 3.96. The van der Waals surface area contributed by atoms with Crippen molar-refractivity contribution in [1.29, 1.82) is 5.26 Å². The minimum Gasteiger partial charge on any atom is -0.204 e. The first kappa shape index (κ1) is 9.66. The number of hydrogen-bond donors (Lipinski definition) is 0. The van der Waals surface area contributed by atoms with Gasteiger partial charge in [-0.15, -0.1) is 0 Å². The zero-order chi connectivity index (χ0) is 9.84. The summed E-state index contributed by atoms with van der Waals surface area (Å²) in [6, 6.07) is 4.27. The van der Waals surface area contributed by atoms with Gasteiger partial charge in [0.1, 0.15) is 0 Å². The molecule has 0 fully saturated rings. The van der Waals surface area contributed by atoms with Crippen molar-refractivity contribution in [1.82, 2.24) is 0 Å². The summed E-state index contributed by atoms with van der Waals surface area (Å²) < 4.78 is 25.4. The number of hydrogen-bond acceptors (Lipinski definition) is 1. The highest BCUT2D eigenvalue weighted by Gasteiger charge is 2.05. The Morgan fingerprint density at radius 3 is 2.54 bits per heavy atom. The maximum atomic E-state index is 12.7. The molecule has 0 radical (unpaired) electrons. The number of nitrogens with zero attached hydrogens (tertiary/aromatic N) is 1. The van der Waals surface area contributed by atoms with Gasteiger partial charge in [-0.25, -0.2) is 8.78 Å². The lowest BCUT2D eigenvalue weighted by Gasteiger charge is -2.03. The van der Waals surface area contributed by atoms with Gasteiger partial charge in [0.05, 0.1) is 6.07 Å². The van der Waals surface area contributed by atoms with Crippen LogP contribution in [0.25, 0.3) is 0 Å². The third-order valence-corrected chi connectivity index (χ3v) is 1.88. The van der Waals surface area contributed by atoms with E-state index in [2.05, 4.69) is 0 Å². The molecule has 0 amide bonds. The van der Waals surface area contributed by atoms with Crippen LogP contribution in [0.5, 0.6) is 0 Å². The second-order valence-electron chi connectivity index (χ2n) is 2.85. The standard InChI is InChI=1S/C10H9F2N/c1-7-5-9(11)10(12)6-8(7)3-2-4-13/h5-6H,2-3H2,1H3. The molecule has 0 saturated heterocycles. The van der Waals surface area contributed by atoms with E-state index in [9.17, 15) is 8.78 Å². The third kappa shape index (κ3) is 2.25. The van der Waals surface area contributed by atoms with Crippen LogP contribution in [0.1, 0.15) is 17.5 Å². The summed E-state index contributed by atoms with van der Waals surface area (Å²) in [7, 11) is 0. The topological polar surface area (TPSA) is 23.8 Å². The van der Waals surface area contributed by atoms with Gasteiger partial charge < -0.3 is 0 Å². The Balaban J connectivity index is 2.96. The SMILES string of the molecule is Cc1cc(F)c(F)cc1CCC#N. The Kier molecular flexibility index (Phi) is 2.97. The lowest BCUT2D eigenvalue weighted by atomic mass is 10.0. The molecule has 1 aromatic carbocycles. The van der Waals surface area contributed by atoms with Crippen LogP contribution in [0, 0.1) is 29.9 Å². The number of aryl methyl sites for hydroxylation is 2. The maximum absolute atomic E-state index is 12.7. The fourth-order valence-corrected chi connectivity index (χ4v) is 1.15. The average Bonchev–Trinajstić information content (AvgIpc) is 2.09. The van der Waals surface area contributed by atoms with E-state index < -0.39 is 11.6 Å². The van der Waals surface area contributed by atoms with Crippen molar-refractivity contribution < 1.29 is 8.78 Å². The Labute approximate surface area is 75.6 Å². The van der Waals surface area contributed by atoms with Crippen LogP contribution in [0.4, 0.5) is 8.78 Å². The quantitative estimate of drug-likeness (QED) is 0.688. The van der Waals surface area contributed by atoms with E-state index in [0.717, 1.165) is 12.1 Å². The molecule has 0 heterocycles. The molecular weight excluding hydrogens is 172 g/mol. The molecule has 0 atom stereocenters. The smallest absolute Gasteiger partial charge is 0.159 e. The molecule has 1 rings (SSSR count). The van der Waals surface area contributed by atoms with Gasteiger partial charge in [-0.3, -0.25) is 0 Å². The molecule has 1 nitrogen and oxygen atoms in total. The zero-order valence-electron chi connectivity index (χ0n) is 7.27. The first-order valence-corrected chi connectivity index (χ1v) is 3.96. The molecule has 0 N–H and O–H groups in total. The van der Waals surface area contributed by atoms with E-state index in [4.69, 9.17) is 5.26 Å². The summed E-state index contributed by atoms with van der Waals surface area (Å²) in [4.78, 5) is 0. The van der Waals surface area contributed by atoms with Gasteiger partial charge in [-0.05, 0) is 36.6 Å². The van der Waals surface area contributed by atoms with Crippen LogP contribution in [0.15, 0.2) is 12.1 Å². The van der Waals surface area contributed by atoms with Crippen molar-refractivity contribution >= 4 is 0 Å². The van der Waals surface area contributed by atoms with Crippen LogP contribution in [-0.4, -0.2) is 0 Å². The van der Waals surface area contributed by atoms with Gasteiger partial charge in [0.2, 0.25) is 0 Å². The molecule has 0 aliphatic rings. The second-order valence-corrected chi connectivity index (χ2v) is 2.85. The number of halogens is 2. The highest BCUT2D eigenvalue weighted by atomic mass is 19.2. The lowest BCUT2D eigenvalue weighted by molar-refractivity contribution is 0.506. The molecule has 0 saturated carbocycles. The van der Waals surface area contributed by atoms with Crippen molar-refractivity contribution in [2.24, 2.45) is 0 Å². The Bertz CT molecular complexity index is 353. The van der Waals surface area contributed by atoms with Gasteiger partial charge >= 0.3 is 0 Å². The van der Waals surface area contributed by atoms with E-state index >= 15 is 0 Å². The molecule has 0 bridgehead atoms. The zero-order valence-corrected chi connectivity index (χ0v) is 7.27. The van der Waals surface area contributed by atoms with Crippen molar-refractivity contribution in [3.8, 4) is 6.07 Å². The molecular formula is C10H9F2N. The van der Waals surface area contributed by atoms with E-state index in [1.807, 2.05) is 6.07 Å². The monoisotopic (exact) mass is 181 g/mol. The molecule has 0 unspecified atom stereocenters. The fourth-order valence-electron chi connectivity index (χ4n) is 1.15. The minimum absolute atomic E-state index is 0.325. The summed E-state index contributed by atoms with van der Waals surface area (Å²) in [6.07, 6.45) is 0.797. The van der Waals surface area contributed by atoms with Gasteiger partial charge in [-0.2, -0.15) is 5.26 Å². The second kappa shape index (κ2) is 3.99. The van der Waals surface area contributed by atoms with Gasteiger partial charge in [0.15, 0.2) is 11.6 Å².